The maximum absolute atomic E-state index is 5.90. The van der Waals surface area contributed by atoms with Crippen LogP contribution in [0.1, 0.15) is 23.2 Å². The first-order valence-corrected chi connectivity index (χ1v) is 6.87. The zero-order chi connectivity index (χ0) is 12.4. The standard InChI is InChI=1S/C16H16ClN/c17-11-12-18-15(13-7-3-1-4-8-13)16(18)14-9-5-2-6-10-14/h1-10,15-16H,11-12H2. The minimum absolute atomic E-state index is 0.493. The quantitative estimate of drug-likeness (QED) is 0.591. The summed E-state index contributed by atoms with van der Waals surface area (Å²) >= 11 is 5.90. The molecule has 0 saturated carbocycles. The minimum atomic E-state index is 0.493. The summed E-state index contributed by atoms with van der Waals surface area (Å²) in [6.07, 6.45) is 0. The molecule has 92 valence electrons. The summed E-state index contributed by atoms with van der Waals surface area (Å²) in [5, 5.41) is 0. The van der Waals surface area contributed by atoms with E-state index in [1.807, 2.05) is 0 Å². The van der Waals surface area contributed by atoms with E-state index in [-0.39, 0.29) is 0 Å². The lowest BCUT2D eigenvalue weighted by Crippen LogP contribution is -2.02. The molecule has 0 amide bonds. The molecule has 2 unspecified atom stereocenters. The molecule has 0 aliphatic carbocycles. The summed E-state index contributed by atoms with van der Waals surface area (Å²) in [5.41, 5.74) is 2.77. The Labute approximate surface area is 113 Å². The number of rotatable bonds is 4. The molecule has 1 aliphatic rings. The molecule has 3 rings (SSSR count). The normalized spacial score (nSPS) is 25.9. The van der Waals surface area contributed by atoms with Crippen molar-refractivity contribution in [3.63, 3.8) is 0 Å². The Hall–Kier alpha value is -1.31. The van der Waals surface area contributed by atoms with Gasteiger partial charge in [-0.25, -0.2) is 0 Å². The highest BCUT2D eigenvalue weighted by atomic mass is 35.5. The van der Waals surface area contributed by atoms with Crippen LogP contribution < -0.4 is 0 Å². The Morgan fingerprint density at radius 3 is 1.61 bits per heavy atom. The van der Waals surface area contributed by atoms with Crippen molar-refractivity contribution < 1.29 is 0 Å². The van der Waals surface area contributed by atoms with E-state index in [9.17, 15) is 0 Å². The molecule has 0 radical (unpaired) electrons. The second-order valence-electron chi connectivity index (χ2n) is 4.64. The lowest BCUT2D eigenvalue weighted by molar-refractivity contribution is 0.517. The lowest BCUT2D eigenvalue weighted by Gasteiger charge is -2.00. The minimum Gasteiger partial charge on any atom is -0.284 e. The van der Waals surface area contributed by atoms with Crippen molar-refractivity contribution in [1.82, 2.24) is 4.90 Å². The average molecular weight is 258 g/mol. The summed E-state index contributed by atoms with van der Waals surface area (Å²) in [6, 6.07) is 22.4. The Kier molecular flexibility index (Phi) is 3.35. The zero-order valence-corrected chi connectivity index (χ0v) is 10.9. The van der Waals surface area contributed by atoms with Gasteiger partial charge in [-0.3, -0.25) is 4.90 Å². The van der Waals surface area contributed by atoms with E-state index in [0.29, 0.717) is 18.0 Å². The molecular formula is C16H16ClN. The molecule has 0 N–H and O–H groups in total. The fourth-order valence-corrected chi connectivity index (χ4v) is 2.89. The van der Waals surface area contributed by atoms with E-state index in [1.54, 1.807) is 0 Å². The first kappa shape index (κ1) is 11.8. The van der Waals surface area contributed by atoms with E-state index < -0.39 is 0 Å². The van der Waals surface area contributed by atoms with Crippen molar-refractivity contribution in [2.24, 2.45) is 0 Å². The third-order valence-corrected chi connectivity index (χ3v) is 3.72. The Morgan fingerprint density at radius 1 is 0.778 bits per heavy atom. The number of nitrogens with zero attached hydrogens (tertiary/aromatic N) is 1. The lowest BCUT2D eigenvalue weighted by atomic mass is 10.0. The molecule has 1 aliphatic heterocycles. The number of halogens is 1. The summed E-state index contributed by atoms with van der Waals surface area (Å²) < 4.78 is 0. The summed E-state index contributed by atoms with van der Waals surface area (Å²) in [5.74, 6) is 0.687. The first-order valence-electron chi connectivity index (χ1n) is 6.33. The summed E-state index contributed by atoms with van der Waals surface area (Å²) in [7, 11) is 0. The Morgan fingerprint density at radius 2 is 1.22 bits per heavy atom. The molecule has 0 bridgehead atoms. The molecule has 0 spiro atoms. The van der Waals surface area contributed by atoms with Gasteiger partial charge in [0, 0.05) is 12.4 Å². The summed E-state index contributed by atoms with van der Waals surface area (Å²) in [6.45, 7) is 0.945. The number of alkyl halides is 1. The zero-order valence-electron chi connectivity index (χ0n) is 10.2. The van der Waals surface area contributed by atoms with E-state index in [4.69, 9.17) is 11.6 Å². The van der Waals surface area contributed by atoms with Crippen LogP contribution in [0.2, 0.25) is 0 Å². The highest BCUT2D eigenvalue weighted by Crippen LogP contribution is 2.54. The van der Waals surface area contributed by atoms with Crippen molar-refractivity contribution in [3.05, 3.63) is 71.8 Å². The van der Waals surface area contributed by atoms with Gasteiger partial charge in [-0.2, -0.15) is 0 Å². The van der Waals surface area contributed by atoms with Gasteiger partial charge in [0.05, 0.1) is 12.1 Å². The third kappa shape index (κ3) is 2.16. The van der Waals surface area contributed by atoms with Gasteiger partial charge in [-0.1, -0.05) is 60.7 Å². The fourth-order valence-electron chi connectivity index (χ4n) is 2.70. The van der Waals surface area contributed by atoms with Crippen LogP contribution in [-0.2, 0) is 0 Å². The average Bonchev–Trinajstić information content (AvgIpc) is 3.15. The van der Waals surface area contributed by atoms with Gasteiger partial charge < -0.3 is 0 Å². The van der Waals surface area contributed by atoms with E-state index in [1.165, 1.54) is 11.1 Å². The molecule has 1 saturated heterocycles. The monoisotopic (exact) mass is 257 g/mol. The van der Waals surface area contributed by atoms with Crippen LogP contribution in [0.15, 0.2) is 60.7 Å². The van der Waals surface area contributed by atoms with Crippen LogP contribution in [0, 0.1) is 0 Å². The van der Waals surface area contributed by atoms with Crippen LogP contribution in [-0.4, -0.2) is 17.3 Å². The topological polar surface area (TPSA) is 3.01 Å². The van der Waals surface area contributed by atoms with Crippen LogP contribution in [0.3, 0.4) is 0 Å². The highest BCUT2D eigenvalue weighted by molar-refractivity contribution is 6.18. The highest BCUT2D eigenvalue weighted by Gasteiger charge is 2.48. The maximum atomic E-state index is 5.90. The number of hydrogen-bond donors (Lipinski definition) is 0. The molecule has 1 nitrogen and oxygen atoms in total. The van der Waals surface area contributed by atoms with Crippen molar-refractivity contribution in [1.29, 1.82) is 0 Å². The van der Waals surface area contributed by atoms with Crippen LogP contribution in [0.25, 0.3) is 0 Å². The molecule has 0 aromatic heterocycles. The molecule has 1 heterocycles. The van der Waals surface area contributed by atoms with Crippen LogP contribution in [0.5, 0.6) is 0 Å². The fraction of sp³-hybridized carbons (Fsp3) is 0.250. The predicted molar refractivity (Wildman–Crippen MR) is 75.8 cm³/mol. The predicted octanol–water partition coefficient (Wildman–Crippen LogP) is 4.02. The van der Waals surface area contributed by atoms with E-state index >= 15 is 0 Å². The van der Waals surface area contributed by atoms with Crippen molar-refractivity contribution >= 4 is 11.6 Å². The number of benzene rings is 2. The van der Waals surface area contributed by atoms with Crippen LogP contribution in [0.4, 0.5) is 0 Å². The molecule has 2 atom stereocenters. The van der Waals surface area contributed by atoms with Gasteiger partial charge in [0.15, 0.2) is 0 Å². The molecule has 2 heteroatoms. The smallest absolute Gasteiger partial charge is 0.0552 e. The number of hydrogen-bond acceptors (Lipinski definition) is 1. The van der Waals surface area contributed by atoms with Gasteiger partial charge in [0.25, 0.3) is 0 Å². The van der Waals surface area contributed by atoms with Crippen molar-refractivity contribution in [3.8, 4) is 0 Å². The van der Waals surface area contributed by atoms with Gasteiger partial charge in [0.1, 0.15) is 0 Å². The van der Waals surface area contributed by atoms with E-state index in [2.05, 4.69) is 65.6 Å². The van der Waals surface area contributed by atoms with Gasteiger partial charge in [-0.15, -0.1) is 11.6 Å². The van der Waals surface area contributed by atoms with Gasteiger partial charge in [-0.05, 0) is 11.1 Å². The molecular weight excluding hydrogens is 242 g/mol. The summed E-state index contributed by atoms with van der Waals surface area (Å²) in [4.78, 5) is 2.46. The Balaban J connectivity index is 1.86. The SMILES string of the molecule is ClCCN1C(c2ccccc2)C1c1ccccc1. The largest absolute Gasteiger partial charge is 0.284 e. The second kappa shape index (κ2) is 5.13. The Bertz CT molecular complexity index is 452. The van der Waals surface area contributed by atoms with E-state index in [0.717, 1.165) is 6.54 Å². The van der Waals surface area contributed by atoms with Crippen LogP contribution >= 0.6 is 11.6 Å². The molecule has 18 heavy (non-hydrogen) atoms. The third-order valence-electron chi connectivity index (χ3n) is 3.55. The molecule has 2 aromatic carbocycles. The second-order valence-corrected chi connectivity index (χ2v) is 5.02. The maximum Gasteiger partial charge on any atom is 0.0552 e. The molecule has 1 fully saturated rings. The van der Waals surface area contributed by atoms with Gasteiger partial charge >= 0.3 is 0 Å². The first-order chi connectivity index (χ1) is 8.92. The van der Waals surface area contributed by atoms with Crippen molar-refractivity contribution in [2.45, 2.75) is 12.1 Å². The van der Waals surface area contributed by atoms with Crippen molar-refractivity contribution in [2.75, 3.05) is 12.4 Å². The van der Waals surface area contributed by atoms with Gasteiger partial charge in [0.2, 0.25) is 0 Å². The molecule has 2 aromatic rings.